The van der Waals surface area contributed by atoms with Crippen molar-refractivity contribution in [1.29, 1.82) is 0 Å². The van der Waals surface area contributed by atoms with Gasteiger partial charge < -0.3 is 30.7 Å². The number of aryl methyl sites for hydroxylation is 1. The summed E-state index contributed by atoms with van der Waals surface area (Å²) in [7, 11) is 0. The summed E-state index contributed by atoms with van der Waals surface area (Å²) in [5.41, 5.74) is 6.33. The SMILES string of the molecule is CC(C)C.CC(C)Nc1cccc2c1C(=O)N(C1CCC(=O)NC1=O)C2=O.CC(C)OCC(=O)NCC(=O)N1CCC(O)C1.Cc1ncsc1-c1ccc(CNC=O)cc1. The Labute approximate surface area is 355 Å². The monoisotopic (exact) mass is 849 g/mol. The molecule has 16 nitrogen and oxygen atoms in total. The molecule has 0 saturated carbocycles. The molecule has 1 aromatic heterocycles. The number of nitrogens with zero attached hydrogens (tertiary/aromatic N) is 3. The third-order valence-corrected chi connectivity index (χ3v) is 9.74. The molecule has 326 valence electrons. The van der Waals surface area contributed by atoms with E-state index in [1.165, 1.54) is 10.4 Å². The quantitative estimate of drug-likeness (QED) is 0.129. The number of β-amino-alcohol motifs (C(OH)–C–C–N with tert-alkyl or cyclic N) is 1. The number of likely N-dealkylation sites (tertiary alicyclic amines) is 1. The van der Waals surface area contributed by atoms with E-state index < -0.39 is 29.9 Å². The molecule has 0 spiro atoms. The second-order valence-electron chi connectivity index (χ2n) is 15.6. The molecule has 2 unspecified atom stereocenters. The molecule has 4 heterocycles. The van der Waals surface area contributed by atoms with E-state index in [4.69, 9.17) is 4.74 Å². The molecule has 6 rings (SSSR count). The Morgan fingerprint density at radius 2 is 1.68 bits per heavy atom. The number of aromatic nitrogens is 1. The molecular formula is C43H59N7O9S. The van der Waals surface area contributed by atoms with Crippen LogP contribution in [0.1, 0.15) is 99.7 Å². The molecule has 0 aliphatic carbocycles. The van der Waals surface area contributed by atoms with Crippen LogP contribution in [0.25, 0.3) is 10.4 Å². The van der Waals surface area contributed by atoms with Gasteiger partial charge in [-0.1, -0.05) is 51.1 Å². The van der Waals surface area contributed by atoms with E-state index in [0.29, 0.717) is 38.2 Å². The van der Waals surface area contributed by atoms with Crippen molar-refractivity contribution in [1.82, 2.24) is 30.7 Å². The highest BCUT2D eigenvalue weighted by molar-refractivity contribution is 7.13. The second-order valence-corrected chi connectivity index (χ2v) is 16.4. The van der Waals surface area contributed by atoms with Gasteiger partial charge in [-0.2, -0.15) is 0 Å². The molecule has 0 radical (unpaired) electrons. The minimum Gasteiger partial charge on any atom is -0.391 e. The van der Waals surface area contributed by atoms with Gasteiger partial charge in [0.2, 0.25) is 30.0 Å². The molecule has 2 saturated heterocycles. The van der Waals surface area contributed by atoms with Crippen LogP contribution >= 0.6 is 11.3 Å². The lowest BCUT2D eigenvalue weighted by atomic mass is 10.0. The number of anilines is 1. The summed E-state index contributed by atoms with van der Waals surface area (Å²) >= 11 is 1.64. The summed E-state index contributed by atoms with van der Waals surface area (Å²) in [6, 6.07) is 12.3. The van der Waals surface area contributed by atoms with Gasteiger partial charge in [0.25, 0.3) is 11.8 Å². The van der Waals surface area contributed by atoms with Crippen molar-refractivity contribution in [3.63, 3.8) is 0 Å². The molecule has 0 bridgehead atoms. The van der Waals surface area contributed by atoms with E-state index in [1.807, 2.05) is 52.3 Å². The molecule has 7 amide bonds. The lowest BCUT2D eigenvalue weighted by Gasteiger charge is -2.27. The fourth-order valence-corrected chi connectivity index (χ4v) is 6.82. The van der Waals surface area contributed by atoms with Crippen LogP contribution in [0, 0.1) is 12.8 Å². The average Bonchev–Trinajstić information content (AvgIpc) is 3.90. The number of carbonyl (C=O) groups excluding carboxylic acids is 7. The van der Waals surface area contributed by atoms with Crippen LogP contribution in [-0.2, 0) is 35.3 Å². The summed E-state index contributed by atoms with van der Waals surface area (Å²) in [5, 5.41) is 19.7. The Kier molecular flexibility index (Phi) is 19.5. The van der Waals surface area contributed by atoms with E-state index in [9.17, 15) is 38.7 Å². The number of hydrogen-bond acceptors (Lipinski definition) is 12. The topological polar surface area (TPSA) is 216 Å². The normalized spacial score (nSPS) is 16.9. The van der Waals surface area contributed by atoms with Gasteiger partial charge in [0.15, 0.2) is 0 Å². The number of hydrogen-bond donors (Lipinski definition) is 5. The van der Waals surface area contributed by atoms with Gasteiger partial charge >= 0.3 is 0 Å². The van der Waals surface area contributed by atoms with Crippen LogP contribution in [0.3, 0.4) is 0 Å². The van der Waals surface area contributed by atoms with Crippen LogP contribution in [0.2, 0.25) is 0 Å². The zero-order chi connectivity index (χ0) is 44.5. The number of amides is 7. The molecule has 17 heteroatoms. The van der Waals surface area contributed by atoms with Crippen molar-refractivity contribution >= 4 is 58.9 Å². The largest absolute Gasteiger partial charge is 0.391 e. The van der Waals surface area contributed by atoms with Gasteiger partial charge in [-0.25, -0.2) is 4.98 Å². The predicted octanol–water partition coefficient (Wildman–Crippen LogP) is 4.06. The molecule has 3 aliphatic heterocycles. The number of ether oxygens (including phenoxy) is 1. The van der Waals surface area contributed by atoms with Crippen molar-refractivity contribution in [2.24, 2.45) is 5.92 Å². The van der Waals surface area contributed by atoms with E-state index in [-0.39, 0.29) is 67.0 Å². The molecular weight excluding hydrogens is 791 g/mol. The average molecular weight is 850 g/mol. The molecule has 60 heavy (non-hydrogen) atoms. The number of piperidine rings is 1. The molecule has 3 aliphatic rings. The fourth-order valence-electron chi connectivity index (χ4n) is 6.01. The number of aliphatic hydroxyl groups is 1. The van der Waals surface area contributed by atoms with E-state index in [0.717, 1.165) is 22.1 Å². The molecule has 3 aromatic rings. The minimum absolute atomic E-state index is 0.00909. The van der Waals surface area contributed by atoms with E-state index >= 15 is 0 Å². The standard InChI is InChI=1S/C16H17N3O4.C12H12N2OS.C11H20N2O4.C4H10/c1-8(2)17-10-5-3-4-9-13(10)16(23)19(15(9)22)11-6-7-12(20)18-14(11)21;1-9-12(16-8-14-9)11-4-2-10(3-5-11)6-13-7-15;1-8(2)17-7-10(15)12-5-11(16)13-4-3-9(14)6-13;1-4(2)3/h3-5,8,11,17H,6-7H2,1-2H3,(H,18,20,21);2-5,7-8H,6H2,1H3,(H,13,15);8-9,14H,3-7H2,1-2H3,(H,12,15);4H,1-3H3. The minimum atomic E-state index is -0.938. The lowest BCUT2D eigenvalue weighted by Crippen LogP contribution is -2.54. The van der Waals surface area contributed by atoms with Gasteiger partial charge in [-0.05, 0) is 76.6 Å². The maximum atomic E-state index is 12.7. The van der Waals surface area contributed by atoms with Crippen molar-refractivity contribution < 1.29 is 43.4 Å². The van der Waals surface area contributed by atoms with Crippen molar-refractivity contribution in [3.8, 4) is 10.4 Å². The number of benzene rings is 2. The zero-order valence-electron chi connectivity index (χ0n) is 35.7. The Hall–Kier alpha value is -5.52. The van der Waals surface area contributed by atoms with Gasteiger partial charge in [0.1, 0.15) is 12.6 Å². The van der Waals surface area contributed by atoms with E-state index in [2.05, 4.69) is 59.2 Å². The maximum Gasteiger partial charge on any atom is 0.264 e. The molecule has 2 aromatic carbocycles. The first-order valence-corrected chi connectivity index (χ1v) is 20.9. The van der Waals surface area contributed by atoms with Gasteiger partial charge in [-0.3, -0.25) is 43.8 Å². The molecule has 2 fully saturated rings. The Morgan fingerprint density at radius 3 is 2.23 bits per heavy atom. The lowest BCUT2D eigenvalue weighted by molar-refractivity contribution is -0.136. The first kappa shape index (κ1) is 48.8. The van der Waals surface area contributed by atoms with Crippen molar-refractivity contribution in [2.75, 3.05) is 31.6 Å². The van der Waals surface area contributed by atoms with Gasteiger partial charge in [0, 0.05) is 37.8 Å². The van der Waals surface area contributed by atoms with Gasteiger partial charge in [0.05, 0.1) is 46.0 Å². The van der Waals surface area contributed by atoms with E-state index in [1.54, 1.807) is 34.4 Å². The third kappa shape index (κ3) is 14.9. The maximum absolute atomic E-state index is 12.7. The van der Waals surface area contributed by atoms with Gasteiger partial charge in [-0.15, -0.1) is 11.3 Å². The number of aliphatic hydroxyl groups excluding tert-OH is 1. The molecule has 2 atom stereocenters. The predicted molar refractivity (Wildman–Crippen MR) is 229 cm³/mol. The van der Waals surface area contributed by atoms with Crippen LogP contribution in [0.4, 0.5) is 5.69 Å². The zero-order valence-corrected chi connectivity index (χ0v) is 36.5. The van der Waals surface area contributed by atoms with Crippen molar-refractivity contribution in [3.05, 3.63) is 70.4 Å². The molecule has 5 N–H and O–H groups in total. The van der Waals surface area contributed by atoms with Crippen LogP contribution in [0.15, 0.2) is 48.0 Å². The fraction of sp³-hybridized carbons (Fsp3) is 0.488. The number of thiazole rings is 1. The summed E-state index contributed by atoms with van der Waals surface area (Å²) in [5.74, 6) is -1.61. The smallest absolute Gasteiger partial charge is 0.264 e. The number of carbonyl (C=O) groups is 7. The summed E-state index contributed by atoms with van der Waals surface area (Å²) in [4.78, 5) is 89.6. The second kappa shape index (κ2) is 23.9. The first-order chi connectivity index (χ1) is 28.4. The van der Waals surface area contributed by atoms with Crippen LogP contribution in [-0.4, -0.2) is 112 Å². The number of nitrogens with one attached hydrogen (secondary N) is 4. The Balaban J connectivity index is 0.000000234. The van der Waals surface area contributed by atoms with Crippen LogP contribution < -0.4 is 21.3 Å². The summed E-state index contributed by atoms with van der Waals surface area (Å²) < 4.78 is 5.10. The highest BCUT2D eigenvalue weighted by Crippen LogP contribution is 2.32. The highest BCUT2D eigenvalue weighted by Gasteiger charge is 2.45. The van der Waals surface area contributed by atoms with Crippen molar-refractivity contribution in [2.45, 2.75) is 105 Å². The number of imide groups is 2. The van der Waals surface area contributed by atoms with Crippen LogP contribution in [0.5, 0.6) is 0 Å². The highest BCUT2D eigenvalue weighted by atomic mass is 32.1. The first-order valence-electron chi connectivity index (χ1n) is 20.0. The Morgan fingerprint density at radius 1 is 1.00 bits per heavy atom. The number of fused-ring (bicyclic) bond motifs is 1. The summed E-state index contributed by atoms with van der Waals surface area (Å²) in [6.07, 6.45) is 1.14. The Bertz CT molecular complexity index is 1950. The third-order valence-electron chi connectivity index (χ3n) is 8.76. The summed E-state index contributed by atoms with van der Waals surface area (Å²) in [6.45, 7) is 17.5. The number of rotatable bonds is 12.